The fraction of sp³-hybridized carbons (Fsp3) is 0.606. The quantitative estimate of drug-likeness (QED) is 0.0262. The second kappa shape index (κ2) is 41.5. The molecule has 1 aromatic carbocycles. The van der Waals surface area contributed by atoms with Crippen LogP contribution in [0.3, 0.4) is 0 Å². The molecule has 0 bridgehead atoms. The topological polar surface area (TPSA) is 521 Å². The minimum absolute atomic E-state index is 0.0507. The molecule has 12 amide bonds. The van der Waals surface area contributed by atoms with Gasteiger partial charge in [0, 0.05) is 61.8 Å². The number of amides is 12. The first-order chi connectivity index (χ1) is 47.8. The Bertz CT molecular complexity index is 3320. The average molecular weight is 1420 g/mol. The number of ether oxygens (including phenoxy) is 1. The lowest BCUT2D eigenvalue weighted by molar-refractivity contribution is -0.147. The molecule has 2 aromatic rings. The van der Waals surface area contributed by atoms with E-state index >= 15 is 0 Å². The molecule has 20 N–H and O–H groups in total. The number of nitrogens with two attached hydrogens (primary N) is 3. The van der Waals surface area contributed by atoms with Crippen molar-refractivity contribution in [1.29, 1.82) is 0 Å². The van der Waals surface area contributed by atoms with Crippen LogP contribution in [0.2, 0.25) is 0 Å². The summed E-state index contributed by atoms with van der Waals surface area (Å²) in [4.78, 5) is 196. The fourth-order valence-corrected chi connectivity index (χ4v) is 11.2. The maximum Gasteiger partial charge on any atom is 0.330 e. The lowest BCUT2D eigenvalue weighted by Gasteiger charge is -2.26. The number of esters is 1. The first-order valence-electron chi connectivity index (χ1n) is 33.9. The standard InChI is InChI=1S/C66H102FN17O17/c1-10-83(11-2)26-25-72-62(96)55-35(5)47(75-36(55)6)30-43-42-29-41(67)15-16-49(42)84(65(43)99)33-101-66(100)37(7)76-51(88)13-12-14-52(89)81-56(38(8)85)64(98)74-32-53(90)77-46-20-24-71-63(97)57(39(9)86)82-58(92)40(17-21-68)28-50(87)44(18-22-69)79-61(95)48(27-34(3)4)78-54(91)31-73-59(93)45(19-23-70)80-60(46)94/h15-16,29-30,34,37-40,44-46,48,56-57,75,85-86H,10-14,17-28,31-33,68-70H2,1-9H3,(H,71,97)(H,72,96)(H,73,93)(H,74,98)(H,76,88)(H,77,90)(H,78,91)(H,79,95)(H,80,94)(H,81,89)(H,82,92)/b43-30-/t37?,38-,39+,40-,44+,45+,46-,48+,56+,57+/m1/s1. The minimum atomic E-state index is -1.68. The Morgan fingerprint density at radius 2 is 1.41 bits per heavy atom. The molecule has 34 nitrogen and oxygen atoms in total. The van der Waals surface area contributed by atoms with Crippen LogP contribution in [0.1, 0.15) is 139 Å². The zero-order chi connectivity index (χ0) is 75.4. The molecular weight excluding hydrogens is 1320 g/mol. The highest BCUT2D eigenvalue weighted by Gasteiger charge is 2.38. The van der Waals surface area contributed by atoms with Crippen LogP contribution in [0.15, 0.2) is 18.2 Å². The van der Waals surface area contributed by atoms with Crippen LogP contribution in [0.25, 0.3) is 11.6 Å². The van der Waals surface area contributed by atoms with Crippen molar-refractivity contribution in [2.24, 2.45) is 29.0 Å². The van der Waals surface area contributed by atoms with Crippen LogP contribution in [-0.4, -0.2) is 229 Å². The van der Waals surface area contributed by atoms with E-state index in [2.05, 4.69) is 68.4 Å². The van der Waals surface area contributed by atoms with Gasteiger partial charge in [0.15, 0.2) is 12.5 Å². The van der Waals surface area contributed by atoms with Gasteiger partial charge in [0.1, 0.15) is 42.1 Å². The van der Waals surface area contributed by atoms with Gasteiger partial charge in [-0.05, 0) is 142 Å². The molecule has 35 heteroatoms. The molecule has 4 rings (SSSR count). The number of halogens is 1. The molecule has 1 aromatic heterocycles. The van der Waals surface area contributed by atoms with Crippen molar-refractivity contribution < 1.29 is 86.5 Å². The van der Waals surface area contributed by atoms with E-state index in [1.165, 1.54) is 26.0 Å². The van der Waals surface area contributed by atoms with Gasteiger partial charge in [-0.3, -0.25) is 67.2 Å². The van der Waals surface area contributed by atoms with Gasteiger partial charge in [-0.15, -0.1) is 0 Å². The number of benzene rings is 1. The highest BCUT2D eigenvalue weighted by molar-refractivity contribution is 6.36. The lowest BCUT2D eigenvalue weighted by atomic mass is 9.92. The van der Waals surface area contributed by atoms with E-state index in [4.69, 9.17) is 21.9 Å². The van der Waals surface area contributed by atoms with Gasteiger partial charge in [0.2, 0.25) is 59.1 Å². The summed E-state index contributed by atoms with van der Waals surface area (Å²) in [6, 6.07) is -6.52. The molecule has 2 aliphatic heterocycles. The number of carbonyl (C=O) groups is 14. The van der Waals surface area contributed by atoms with Gasteiger partial charge in [0.25, 0.3) is 11.8 Å². The number of hydrogen-bond donors (Lipinski definition) is 17. The van der Waals surface area contributed by atoms with E-state index in [0.717, 1.165) is 37.0 Å². The normalized spacial score (nSPS) is 20.8. The second-order valence-corrected chi connectivity index (χ2v) is 25.3. The molecule has 0 radical (unpaired) electrons. The summed E-state index contributed by atoms with van der Waals surface area (Å²) in [6.07, 6.45) is -3.70. The van der Waals surface area contributed by atoms with E-state index in [0.29, 0.717) is 35.6 Å². The Morgan fingerprint density at radius 3 is 2.03 bits per heavy atom. The second-order valence-electron chi connectivity index (χ2n) is 25.3. The molecule has 0 spiro atoms. The SMILES string of the molecule is CCN(CC)CCNC(=O)c1c(C)[nH]c(/C=C2\C(=O)N(COC(=O)C(C)NC(=O)CCCC(=O)N[C@H](C(=O)NCC(=O)N[C@@H]3CCNC(=O)[C@H]([C@H](C)O)NC(=O)[C@H](CCN)CC(=O)[C@H](CCN)NC(=O)[C@H](CC(C)C)NC(=O)CNC(=O)[C@H](CCN)NC3=O)[C@@H](C)O)c3ccc(F)cc32)c1C. The number of rotatable bonds is 30. The van der Waals surface area contributed by atoms with Gasteiger partial charge in [-0.2, -0.15) is 0 Å². The molecule has 560 valence electrons. The van der Waals surface area contributed by atoms with E-state index in [9.17, 15) is 81.7 Å². The summed E-state index contributed by atoms with van der Waals surface area (Å²) < 4.78 is 20.2. The third-order valence-corrected chi connectivity index (χ3v) is 16.8. The van der Waals surface area contributed by atoms with Crippen LogP contribution >= 0.6 is 0 Å². The summed E-state index contributed by atoms with van der Waals surface area (Å²) in [5, 5.41) is 48.5. The fourth-order valence-electron chi connectivity index (χ4n) is 11.2. The summed E-state index contributed by atoms with van der Waals surface area (Å²) in [6.45, 7) is 14.4. The number of H-pyrrole nitrogens is 1. The van der Waals surface area contributed by atoms with Gasteiger partial charge in [0.05, 0.1) is 48.2 Å². The number of carbonyl (C=O) groups excluding carboxylic acids is 14. The number of anilines is 1. The number of aryl methyl sites for hydroxylation is 1. The first kappa shape index (κ1) is 84.1. The number of likely N-dealkylation sites (N-methyl/N-ethyl adjacent to an activating group) is 1. The third kappa shape index (κ3) is 26.0. The lowest BCUT2D eigenvalue weighted by Crippen LogP contribution is -2.58. The molecule has 0 aliphatic carbocycles. The van der Waals surface area contributed by atoms with E-state index in [-0.39, 0.29) is 93.2 Å². The Labute approximate surface area is 585 Å². The van der Waals surface area contributed by atoms with Gasteiger partial charge in [-0.25, -0.2) is 9.18 Å². The number of nitrogens with one attached hydrogen (secondary N) is 12. The van der Waals surface area contributed by atoms with Gasteiger partial charge < -0.3 is 101 Å². The van der Waals surface area contributed by atoms with Crippen LogP contribution in [0.5, 0.6) is 0 Å². The number of aromatic amines is 1. The third-order valence-electron chi connectivity index (χ3n) is 16.8. The van der Waals surface area contributed by atoms with Gasteiger partial charge >= 0.3 is 5.97 Å². The Morgan fingerprint density at radius 1 is 0.762 bits per heavy atom. The Balaban J connectivity index is 1.38. The highest BCUT2D eigenvalue weighted by Crippen LogP contribution is 2.39. The molecule has 1 saturated heterocycles. The van der Waals surface area contributed by atoms with Gasteiger partial charge in [-0.1, -0.05) is 27.7 Å². The van der Waals surface area contributed by atoms with Crippen LogP contribution in [0, 0.1) is 31.5 Å². The minimum Gasteiger partial charge on any atom is -0.442 e. The summed E-state index contributed by atoms with van der Waals surface area (Å²) in [5.74, 6) is -13.6. The number of aliphatic hydroxyl groups is 2. The van der Waals surface area contributed by atoms with E-state index in [1.54, 1.807) is 27.7 Å². The number of aliphatic hydroxyl groups excluding tert-OH is 2. The number of aromatic nitrogens is 1. The zero-order valence-corrected chi connectivity index (χ0v) is 58.8. The van der Waals surface area contributed by atoms with Crippen molar-refractivity contribution in [3.63, 3.8) is 0 Å². The van der Waals surface area contributed by atoms with Crippen LogP contribution < -0.4 is 80.6 Å². The predicted octanol–water partition coefficient (Wildman–Crippen LogP) is -4.00. The molecule has 0 saturated carbocycles. The smallest absolute Gasteiger partial charge is 0.330 e. The number of ketones is 1. The first-order valence-corrected chi connectivity index (χ1v) is 33.9. The molecule has 1 unspecified atom stereocenters. The number of Topliss-reactive ketones (excluding diaryl/α,β-unsaturated/α-hetero) is 1. The predicted molar refractivity (Wildman–Crippen MR) is 367 cm³/mol. The van der Waals surface area contributed by atoms with Crippen molar-refractivity contribution in [1.82, 2.24) is 68.4 Å². The molecule has 10 atom stereocenters. The monoisotopic (exact) mass is 1420 g/mol. The number of fused-ring (bicyclic) bond motifs is 1. The largest absolute Gasteiger partial charge is 0.442 e. The number of nitrogens with zero attached hydrogens (tertiary/aromatic N) is 2. The van der Waals surface area contributed by atoms with Crippen molar-refractivity contribution >= 4 is 100.0 Å². The summed E-state index contributed by atoms with van der Waals surface area (Å²) in [7, 11) is 0. The molecule has 3 heterocycles. The van der Waals surface area contributed by atoms with E-state index < -0.39 is 182 Å². The Kier molecular flexibility index (Phi) is 34.5. The molecule has 1 fully saturated rings. The Hall–Kier alpha value is -9.29. The number of hydrogen-bond acceptors (Lipinski definition) is 21. The maximum absolute atomic E-state index is 14.7. The van der Waals surface area contributed by atoms with Crippen molar-refractivity contribution in [2.75, 3.05) is 77.1 Å². The average Bonchev–Trinajstić information content (AvgIpc) is 1.61. The zero-order valence-electron chi connectivity index (χ0n) is 58.8. The van der Waals surface area contributed by atoms with Crippen LogP contribution in [-0.2, 0) is 67.1 Å². The highest BCUT2D eigenvalue weighted by atomic mass is 19.1. The summed E-state index contributed by atoms with van der Waals surface area (Å²) >= 11 is 0. The maximum atomic E-state index is 14.7. The van der Waals surface area contributed by atoms with Crippen molar-refractivity contribution in [3.8, 4) is 0 Å². The summed E-state index contributed by atoms with van der Waals surface area (Å²) in [5.41, 5.74) is 19.8. The molecule has 2 aliphatic rings. The van der Waals surface area contributed by atoms with E-state index in [1.807, 2.05) is 13.8 Å². The van der Waals surface area contributed by atoms with Crippen molar-refractivity contribution in [2.45, 2.75) is 175 Å². The van der Waals surface area contributed by atoms with Crippen molar-refractivity contribution in [3.05, 3.63) is 52.1 Å². The van der Waals surface area contributed by atoms with Crippen LogP contribution in [0.4, 0.5) is 10.1 Å². The molecule has 101 heavy (non-hydrogen) atoms. The molecular formula is C66H102FN17O17.